The zero-order valence-electron chi connectivity index (χ0n) is 8.16. The highest BCUT2D eigenvalue weighted by Gasteiger charge is 2.06. The molecule has 0 bridgehead atoms. The van der Waals surface area contributed by atoms with Gasteiger partial charge in [-0.1, -0.05) is 28.1 Å². The minimum Gasteiger partial charge on any atom is -0.328 e. The van der Waals surface area contributed by atoms with E-state index in [4.69, 9.17) is 5.73 Å². The van der Waals surface area contributed by atoms with Crippen LogP contribution in [0.2, 0.25) is 0 Å². The highest BCUT2D eigenvalue weighted by Crippen LogP contribution is 2.13. The third-order valence-electron chi connectivity index (χ3n) is 1.97. The lowest BCUT2D eigenvalue weighted by atomic mass is 10.0. The molecule has 0 aromatic heterocycles. The van der Waals surface area contributed by atoms with Gasteiger partial charge >= 0.3 is 0 Å². The molecule has 0 fully saturated rings. The zero-order chi connectivity index (χ0) is 10.6. The van der Waals surface area contributed by atoms with Gasteiger partial charge in [0.05, 0.1) is 0 Å². The number of halogens is 1. The predicted molar refractivity (Wildman–Crippen MR) is 61.4 cm³/mol. The number of nitrogens with two attached hydrogens (primary N) is 1. The van der Waals surface area contributed by atoms with Crippen molar-refractivity contribution >= 4 is 21.7 Å². The molecule has 14 heavy (non-hydrogen) atoms. The Labute approximate surface area is 92.6 Å². The molecule has 0 heterocycles. The Morgan fingerprint density at radius 3 is 2.86 bits per heavy atom. The van der Waals surface area contributed by atoms with Gasteiger partial charge in [0.25, 0.3) is 0 Å². The van der Waals surface area contributed by atoms with Gasteiger partial charge in [-0.05, 0) is 25.5 Å². The van der Waals surface area contributed by atoms with Crippen molar-refractivity contribution in [3.05, 3.63) is 34.3 Å². The summed E-state index contributed by atoms with van der Waals surface area (Å²) in [4.78, 5) is 11.6. The first-order valence-electron chi connectivity index (χ1n) is 4.64. The number of carbonyl (C=O) groups is 1. The molecule has 1 aromatic carbocycles. The number of benzene rings is 1. The van der Waals surface area contributed by atoms with Crippen LogP contribution < -0.4 is 5.73 Å². The highest BCUT2D eigenvalue weighted by molar-refractivity contribution is 9.10. The summed E-state index contributed by atoms with van der Waals surface area (Å²) in [7, 11) is 0. The molecule has 1 atom stereocenters. The van der Waals surface area contributed by atoms with E-state index in [9.17, 15) is 4.79 Å². The first-order chi connectivity index (χ1) is 6.59. The Kier molecular flexibility index (Phi) is 4.29. The maximum atomic E-state index is 11.6. The fourth-order valence-corrected chi connectivity index (χ4v) is 1.56. The van der Waals surface area contributed by atoms with Crippen LogP contribution in [0.25, 0.3) is 0 Å². The van der Waals surface area contributed by atoms with Crippen molar-refractivity contribution in [1.82, 2.24) is 0 Å². The van der Waals surface area contributed by atoms with E-state index in [0.29, 0.717) is 6.42 Å². The average molecular weight is 256 g/mol. The maximum absolute atomic E-state index is 11.6. The zero-order valence-corrected chi connectivity index (χ0v) is 9.75. The van der Waals surface area contributed by atoms with Gasteiger partial charge in [0, 0.05) is 22.5 Å². The molecule has 2 nitrogen and oxygen atoms in total. The van der Waals surface area contributed by atoms with Gasteiger partial charge in [-0.25, -0.2) is 0 Å². The van der Waals surface area contributed by atoms with E-state index in [1.165, 1.54) is 0 Å². The second-order valence-corrected chi connectivity index (χ2v) is 4.37. The lowest BCUT2D eigenvalue weighted by Gasteiger charge is -2.04. The monoisotopic (exact) mass is 255 g/mol. The summed E-state index contributed by atoms with van der Waals surface area (Å²) >= 11 is 3.33. The van der Waals surface area contributed by atoms with Gasteiger partial charge in [-0.2, -0.15) is 0 Å². The largest absolute Gasteiger partial charge is 0.328 e. The topological polar surface area (TPSA) is 43.1 Å². The molecule has 0 aliphatic rings. The number of hydrogen-bond acceptors (Lipinski definition) is 2. The third kappa shape index (κ3) is 3.60. The molecule has 0 spiro atoms. The van der Waals surface area contributed by atoms with E-state index >= 15 is 0 Å². The molecule has 0 saturated carbocycles. The summed E-state index contributed by atoms with van der Waals surface area (Å²) in [5.74, 6) is 0.156. The minimum absolute atomic E-state index is 0.0890. The van der Waals surface area contributed by atoms with Crippen molar-refractivity contribution < 1.29 is 4.79 Å². The Morgan fingerprint density at radius 1 is 1.57 bits per heavy atom. The van der Waals surface area contributed by atoms with Crippen LogP contribution in [0, 0.1) is 0 Å². The molecule has 0 aliphatic heterocycles. The molecular weight excluding hydrogens is 242 g/mol. The van der Waals surface area contributed by atoms with E-state index in [2.05, 4.69) is 15.9 Å². The molecule has 1 rings (SSSR count). The molecule has 0 aliphatic carbocycles. The number of rotatable bonds is 4. The molecule has 0 saturated heterocycles. The Hall–Kier alpha value is -0.670. The molecule has 3 heteroatoms. The van der Waals surface area contributed by atoms with E-state index in [-0.39, 0.29) is 11.8 Å². The van der Waals surface area contributed by atoms with Gasteiger partial charge in [-0.3, -0.25) is 4.79 Å². The van der Waals surface area contributed by atoms with E-state index in [1.54, 1.807) is 0 Å². The quantitative estimate of drug-likeness (QED) is 0.842. The molecule has 0 radical (unpaired) electrons. The predicted octanol–water partition coefficient (Wildman–Crippen LogP) is 2.76. The molecule has 1 unspecified atom stereocenters. The second kappa shape index (κ2) is 5.27. The number of carbonyl (C=O) groups excluding carboxylic acids is 1. The number of hydrogen-bond donors (Lipinski definition) is 1. The summed E-state index contributed by atoms with van der Waals surface area (Å²) in [6.07, 6.45) is 1.26. The highest BCUT2D eigenvalue weighted by atomic mass is 79.9. The third-order valence-corrected chi connectivity index (χ3v) is 2.47. The first-order valence-corrected chi connectivity index (χ1v) is 5.43. The van der Waals surface area contributed by atoms with Crippen molar-refractivity contribution in [2.45, 2.75) is 25.8 Å². The summed E-state index contributed by atoms with van der Waals surface area (Å²) in [5, 5.41) is 0. The van der Waals surface area contributed by atoms with E-state index in [1.807, 2.05) is 31.2 Å². The van der Waals surface area contributed by atoms with Crippen LogP contribution in [-0.2, 0) is 0 Å². The van der Waals surface area contributed by atoms with Crippen LogP contribution in [0.15, 0.2) is 28.7 Å². The molecule has 0 amide bonds. The first kappa shape index (κ1) is 11.4. The SMILES string of the molecule is CC(N)CCC(=O)c1cccc(Br)c1. The van der Waals surface area contributed by atoms with Gasteiger partial charge in [0.2, 0.25) is 0 Å². The van der Waals surface area contributed by atoms with Gasteiger partial charge in [0.1, 0.15) is 0 Å². The van der Waals surface area contributed by atoms with E-state index in [0.717, 1.165) is 16.5 Å². The molecule has 76 valence electrons. The van der Waals surface area contributed by atoms with Crippen LogP contribution in [-0.4, -0.2) is 11.8 Å². The smallest absolute Gasteiger partial charge is 0.162 e. The van der Waals surface area contributed by atoms with Gasteiger partial charge in [0.15, 0.2) is 5.78 Å². The second-order valence-electron chi connectivity index (χ2n) is 3.45. The van der Waals surface area contributed by atoms with Gasteiger partial charge in [-0.15, -0.1) is 0 Å². The van der Waals surface area contributed by atoms with Crippen LogP contribution in [0.1, 0.15) is 30.1 Å². The van der Waals surface area contributed by atoms with Gasteiger partial charge < -0.3 is 5.73 Å². The molecule has 1 aromatic rings. The molecular formula is C11H14BrNO. The van der Waals surface area contributed by atoms with Crippen molar-refractivity contribution in [1.29, 1.82) is 0 Å². The lowest BCUT2D eigenvalue weighted by Crippen LogP contribution is -2.16. The van der Waals surface area contributed by atoms with Crippen molar-refractivity contribution in [3.8, 4) is 0 Å². The number of ketones is 1. The Morgan fingerprint density at radius 2 is 2.29 bits per heavy atom. The standard InChI is InChI=1S/C11H14BrNO/c1-8(13)5-6-11(14)9-3-2-4-10(12)7-9/h2-4,7-8H,5-6,13H2,1H3. The summed E-state index contributed by atoms with van der Waals surface area (Å²) in [5.41, 5.74) is 6.34. The van der Waals surface area contributed by atoms with Crippen LogP contribution >= 0.6 is 15.9 Å². The summed E-state index contributed by atoms with van der Waals surface area (Å²) in [6.45, 7) is 1.91. The maximum Gasteiger partial charge on any atom is 0.162 e. The Bertz CT molecular complexity index is 323. The fraction of sp³-hybridized carbons (Fsp3) is 0.364. The van der Waals surface area contributed by atoms with Crippen LogP contribution in [0.4, 0.5) is 0 Å². The fourth-order valence-electron chi connectivity index (χ4n) is 1.17. The van der Waals surface area contributed by atoms with E-state index < -0.39 is 0 Å². The van der Waals surface area contributed by atoms with Crippen molar-refractivity contribution in [3.63, 3.8) is 0 Å². The summed E-state index contributed by atoms with van der Waals surface area (Å²) in [6, 6.07) is 7.52. The van der Waals surface area contributed by atoms with Crippen molar-refractivity contribution in [2.24, 2.45) is 5.73 Å². The van der Waals surface area contributed by atoms with Crippen molar-refractivity contribution in [2.75, 3.05) is 0 Å². The number of Topliss-reactive ketones (excluding diaryl/α,β-unsaturated/α-hetero) is 1. The molecule has 2 N–H and O–H groups in total. The lowest BCUT2D eigenvalue weighted by molar-refractivity contribution is 0.0978. The van der Waals surface area contributed by atoms with Crippen LogP contribution in [0.5, 0.6) is 0 Å². The Balaban J connectivity index is 2.61. The van der Waals surface area contributed by atoms with Crippen LogP contribution in [0.3, 0.4) is 0 Å². The normalized spacial score (nSPS) is 12.5. The average Bonchev–Trinajstić information content (AvgIpc) is 2.14. The minimum atomic E-state index is 0.0890. The summed E-state index contributed by atoms with van der Waals surface area (Å²) < 4.78 is 0.934.